The van der Waals surface area contributed by atoms with Gasteiger partial charge in [-0.15, -0.1) is 0 Å². The summed E-state index contributed by atoms with van der Waals surface area (Å²) in [6, 6.07) is -2.23. The fourth-order valence-corrected chi connectivity index (χ4v) is 1.39. The molecule has 0 aliphatic carbocycles. The van der Waals surface area contributed by atoms with Crippen LogP contribution in [0.3, 0.4) is 0 Å². The van der Waals surface area contributed by atoms with Gasteiger partial charge >= 0.3 is 24.1 Å². The van der Waals surface area contributed by atoms with Gasteiger partial charge in [-0.2, -0.15) is 13.2 Å². The van der Waals surface area contributed by atoms with Crippen molar-refractivity contribution in [1.29, 1.82) is 0 Å². The van der Waals surface area contributed by atoms with Gasteiger partial charge in [0.25, 0.3) is 0 Å². The highest BCUT2D eigenvalue weighted by Gasteiger charge is 2.26. The second kappa shape index (κ2) is 9.03. The molecule has 0 radical (unpaired) electrons. The third-order valence-corrected chi connectivity index (χ3v) is 2.42. The zero-order valence-corrected chi connectivity index (χ0v) is 11.1. The fraction of sp³-hybridized carbons (Fsp3) is 0.727. The topological polar surface area (TPSA) is 116 Å². The van der Waals surface area contributed by atoms with E-state index in [0.29, 0.717) is 0 Å². The van der Waals surface area contributed by atoms with Crippen molar-refractivity contribution in [3.05, 3.63) is 0 Å². The molecule has 7 nitrogen and oxygen atoms in total. The predicted molar refractivity (Wildman–Crippen MR) is 64.7 cm³/mol. The van der Waals surface area contributed by atoms with Crippen molar-refractivity contribution >= 4 is 18.0 Å². The Morgan fingerprint density at radius 2 is 1.71 bits per heavy atom. The molecule has 1 atom stereocenters. The van der Waals surface area contributed by atoms with E-state index in [1.807, 2.05) is 5.32 Å². The zero-order valence-electron chi connectivity index (χ0n) is 11.1. The molecule has 0 saturated heterocycles. The molecule has 0 aliphatic heterocycles. The number of rotatable bonds is 9. The van der Waals surface area contributed by atoms with Crippen LogP contribution in [0, 0.1) is 0 Å². The lowest BCUT2D eigenvalue weighted by Crippen LogP contribution is -2.46. The summed E-state index contributed by atoms with van der Waals surface area (Å²) in [5, 5.41) is 21.5. The number of carboxylic acid groups (broad SMARTS) is 2. The van der Waals surface area contributed by atoms with Crippen molar-refractivity contribution in [3.8, 4) is 0 Å². The minimum absolute atomic E-state index is 0.0345. The molecule has 0 aliphatic rings. The molecule has 0 fully saturated rings. The average Bonchev–Trinajstić information content (AvgIpc) is 2.31. The van der Waals surface area contributed by atoms with Gasteiger partial charge in [0, 0.05) is 19.4 Å². The van der Waals surface area contributed by atoms with E-state index < -0.39 is 43.0 Å². The van der Waals surface area contributed by atoms with Crippen molar-refractivity contribution < 1.29 is 37.8 Å². The molecule has 4 N–H and O–H groups in total. The Balaban J connectivity index is 3.93. The van der Waals surface area contributed by atoms with Crippen LogP contribution < -0.4 is 10.6 Å². The minimum atomic E-state index is -4.24. The summed E-state index contributed by atoms with van der Waals surface area (Å²) in [6.07, 6.45) is -5.96. The molecule has 122 valence electrons. The van der Waals surface area contributed by atoms with E-state index in [9.17, 15) is 27.6 Å². The van der Waals surface area contributed by atoms with Gasteiger partial charge in [0.05, 0.1) is 0 Å². The first-order chi connectivity index (χ1) is 9.61. The Hall–Kier alpha value is -2.00. The molecule has 0 heterocycles. The molecule has 21 heavy (non-hydrogen) atoms. The number of carboxylic acids is 2. The number of amides is 2. The van der Waals surface area contributed by atoms with Crippen LogP contribution in [-0.4, -0.2) is 46.9 Å². The average molecular weight is 314 g/mol. The molecule has 0 saturated carbocycles. The molecule has 1 unspecified atom stereocenters. The molecule has 0 bridgehead atoms. The quantitative estimate of drug-likeness (QED) is 0.479. The van der Waals surface area contributed by atoms with Gasteiger partial charge in [0.15, 0.2) is 0 Å². The lowest BCUT2D eigenvalue weighted by Gasteiger charge is -2.14. The van der Waals surface area contributed by atoms with Crippen molar-refractivity contribution in [2.45, 2.75) is 44.3 Å². The molecule has 0 aromatic rings. The largest absolute Gasteiger partial charge is 0.481 e. The van der Waals surface area contributed by atoms with Gasteiger partial charge < -0.3 is 20.8 Å². The highest BCUT2D eigenvalue weighted by atomic mass is 19.4. The van der Waals surface area contributed by atoms with Gasteiger partial charge in [-0.3, -0.25) is 4.79 Å². The summed E-state index contributed by atoms with van der Waals surface area (Å²) in [5.41, 5.74) is 0. The standard InChI is InChI=1S/C11H17F3N2O5/c12-11(13,14)5-1-2-6-15-10(21)16-7(9(19)20)3-4-8(17)18/h7H,1-6H2,(H,17,18)(H,19,20)(H2,15,16,21). The Kier molecular flexibility index (Phi) is 8.17. The highest BCUT2D eigenvalue weighted by molar-refractivity contribution is 5.82. The second-order valence-corrected chi connectivity index (χ2v) is 4.30. The molecule has 2 amide bonds. The van der Waals surface area contributed by atoms with E-state index in [1.54, 1.807) is 0 Å². The van der Waals surface area contributed by atoms with Crippen LogP contribution in [0.2, 0.25) is 0 Å². The van der Waals surface area contributed by atoms with Gasteiger partial charge in [0.2, 0.25) is 0 Å². The summed E-state index contributed by atoms with van der Waals surface area (Å²) in [4.78, 5) is 32.4. The van der Waals surface area contributed by atoms with Gasteiger partial charge in [0.1, 0.15) is 6.04 Å². The fourth-order valence-electron chi connectivity index (χ4n) is 1.39. The molecular formula is C11H17F3N2O5. The van der Waals surface area contributed by atoms with Crippen LogP contribution in [0.25, 0.3) is 0 Å². The Bertz CT molecular complexity index is 373. The maximum absolute atomic E-state index is 11.8. The van der Waals surface area contributed by atoms with Crippen LogP contribution in [0.1, 0.15) is 32.1 Å². The smallest absolute Gasteiger partial charge is 0.389 e. The lowest BCUT2D eigenvalue weighted by atomic mass is 10.1. The van der Waals surface area contributed by atoms with Gasteiger partial charge in [-0.1, -0.05) is 0 Å². The van der Waals surface area contributed by atoms with Crippen molar-refractivity contribution in [1.82, 2.24) is 10.6 Å². The number of halogens is 3. The summed E-state index contributed by atoms with van der Waals surface area (Å²) in [5.74, 6) is -2.58. The molecule has 0 rings (SSSR count). The predicted octanol–water partition coefficient (Wildman–Crippen LogP) is 1.34. The Morgan fingerprint density at radius 3 is 2.19 bits per heavy atom. The van der Waals surface area contributed by atoms with Crippen LogP contribution in [0.15, 0.2) is 0 Å². The number of hydrogen-bond donors (Lipinski definition) is 4. The first kappa shape index (κ1) is 19.0. The van der Waals surface area contributed by atoms with E-state index >= 15 is 0 Å². The first-order valence-electron chi connectivity index (χ1n) is 6.17. The Morgan fingerprint density at radius 1 is 1.10 bits per heavy atom. The number of unbranched alkanes of at least 4 members (excludes halogenated alkanes) is 1. The van der Waals surface area contributed by atoms with Crippen molar-refractivity contribution in [2.75, 3.05) is 6.54 Å². The monoisotopic (exact) mass is 314 g/mol. The van der Waals surface area contributed by atoms with E-state index in [0.717, 1.165) is 0 Å². The highest BCUT2D eigenvalue weighted by Crippen LogP contribution is 2.21. The molecule has 0 aromatic carbocycles. The van der Waals surface area contributed by atoms with Gasteiger partial charge in [-0.05, 0) is 19.3 Å². The third kappa shape index (κ3) is 11.5. The first-order valence-corrected chi connectivity index (χ1v) is 6.17. The van der Waals surface area contributed by atoms with E-state index in [-0.39, 0.29) is 25.8 Å². The summed E-state index contributed by atoms with van der Waals surface area (Å²) in [6.45, 7) is -0.0345. The maximum Gasteiger partial charge on any atom is 0.389 e. The van der Waals surface area contributed by atoms with E-state index in [4.69, 9.17) is 10.2 Å². The summed E-state index contributed by atoms with van der Waals surface area (Å²) in [7, 11) is 0. The number of nitrogens with one attached hydrogen (secondary N) is 2. The van der Waals surface area contributed by atoms with Crippen molar-refractivity contribution in [3.63, 3.8) is 0 Å². The number of urea groups is 1. The van der Waals surface area contributed by atoms with Gasteiger partial charge in [-0.25, -0.2) is 9.59 Å². The van der Waals surface area contributed by atoms with Crippen LogP contribution in [0.4, 0.5) is 18.0 Å². The van der Waals surface area contributed by atoms with Crippen LogP contribution >= 0.6 is 0 Å². The third-order valence-electron chi connectivity index (χ3n) is 2.42. The maximum atomic E-state index is 11.8. The van der Waals surface area contributed by atoms with Crippen LogP contribution in [0.5, 0.6) is 0 Å². The number of alkyl halides is 3. The minimum Gasteiger partial charge on any atom is -0.481 e. The number of carbonyl (C=O) groups is 3. The van der Waals surface area contributed by atoms with E-state index in [1.165, 1.54) is 0 Å². The number of aliphatic carboxylic acids is 2. The number of carbonyl (C=O) groups excluding carboxylic acids is 1. The zero-order chi connectivity index (χ0) is 16.5. The molecule has 0 aromatic heterocycles. The lowest BCUT2D eigenvalue weighted by molar-refractivity contribution is -0.140. The van der Waals surface area contributed by atoms with E-state index in [2.05, 4.69) is 5.32 Å². The van der Waals surface area contributed by atoms with Crippen molar-refractivity contribution in [2.24, 2.45) is 0 Å². The molecule has 10 heteroatoms. The normalized spacial score (nSPS) is 12.5. The summed E-state index contributed by atoms with van der Waals surface area (Å²) >= 11 is 0. The molecular weight excluding hydrogens is 297 g/mol. The SMILES string of the molecule is O=C(O)CCC(NC(=O)NCCCCC(F)(F)F)C(=O)O. The molecule has 0 spiro atoms. The second-order valence-electron chi connectivity index (χ2n) is 4.30. The number of hydrogen-bond acceptors (Lipinski definition) is 3. The van der Waals surface area contributed by atoms with Crippen LogP contribution in [-0.2, 0) is 9.59 Å². The summed E-state index contributed by atoms with van der Waals surface area (Å²) < 4.78 is 35.5. The Labute approximate surface area is 118 Å².